The number of rotatable bonds is 3. The van der Waals surface area contributed by atoms with Crippen LogP contribution < -0.4 is 0 Å². The molecule has 1 aliphatic heterocycles. The van der Waals surface area contributed by atoms with Gasteiger partial charge in [-0.05, 0) is 44.0 Å². The summed E-state index contributed by atoms with van der Waals surface area (Å²) < 4.78 is 50.2. The molecule has 0 bridgehead atoms. The van der Waals surface area contributed by atoms with E-state index in [1.165, 1.54) is 18.3 Å². The summed E-state index contributed by atoms with van der Waals surface area (Å²) in [5.41, 5.74) is 0.358. The molecule has 0 N–H and O–H groups in total. The third-order valence-electron chi connectivity index (χ3n) is 3.44. The lowest BCUT2D eigenvalue weighted by Crippen LogP contribution is -2.35. The van der Waals surface area contributed by atoms with Gasteiger partial charge in [-0.2, -0.15) is 13.2 Å². The van der Waals surface area contributed by atoms with Crippen molar-refractivity contribution in [3.05, 3.63) is 29.8 Å². The molecule has 0 saturated carbocycles. The van der Waals surface area contributed by atoms with Crippen LogP contribution in [0, 0.1) is 11.7 Å². The molecule has 0 aliphatic carbocycles. The van der Waals surface area contributed by atoms with E-state index in [9.17, 15) is 17.6 Å². The summed E-state index contributed by atoms with van der Waals surface area (Å²) in [5.74, 6) is -0.662. The number of nitrogens with zero attached hydrogens (tertiary/aromatic N) is 2. The molecule has 2 heterocycles. The van der Waals surface area contributed by atoms with Crippen LogP contribution in [-0.4, -0.2) is 29.1 Å². The van der Waals surface area contributed by atoms with Gasteiger partial charge in [-0.15, -0.1) is 0 Å². The molecule has 0 radical (unpaired) electrons. The second kappa shape index (κ2) is 5.86. The van der Waals surface area contributed by atoms with E-state index in [0.29, 0.717) is 38.2 Å². The topological polar surface area (TPSA) is 16.1 Å². The first-order valence-electron chi connectivity index (χ1n) is 6.32. The Bertz CT molecular complexity index is 411. The molecule has 1 aromatic rings. The van der Waals surface area contributed by atoms with Gasteiger partial charge in [0.15, 0.2) is 0 Å². The Morgan fingerprint density at radius 3 is 2.53 bits per heavy atom. The highest BCUT2D eigenvalue weighted by Crippen LogP contribution is 2.31. The van der Waals surface area contributed by atoms with Gasteiger partial charge in [-0.3, -0.25) is 9.88 Å². The fourth-order valence-corrected chi connectivity index (χ4v) is 2.42. The van der Waals surface area contributed by atoms with Gasteiger partial charge >= 0.3 is 6.18 Å². The Balaban J connectivity index is 1.82. The zero-order valence-electron chi connectivity index (χ0n) is 10.5. The van der Waals surface area contributed by atoms with Crippen molar-refractivity contribution < 1.29 is 17.6 Å². The van der Waals surface area contributed by atoms with Crippen LogP contribution in [0.1, 0.15) is 25.0 Å². The molecular formula is C13H16F4N2. The molecule has 1 saturated heterocycles. The molecule has 19 heavy (non-hydrogen) atoms. The van der Waals surface area contributed by atoms with Crippen molar-refractivity contribution in [3.8, 4) is 0 Å². The Labute approximate surface area is 109 Å². The highest BCUT2D eigenvalue weighted by atomic mass is 19.4. The summed E-state index contributed by atoms with van der Waals surface area (Å²) in [7, 11) is 0. The molecule has 6 heteroatoms. The second-order valence-corrected chi connectivity index (χ2v) is 4.97. The SMILES string of the molecule is Fc1cccnc1CN1CCC(CC(F)(F)F)CC1. The minimum absolute atomic E-state index is 0.301. The first-order chi connectivity index (χ1) is 8.94. The van der Waals surface area contributed by atoms with Crippen molar-refractivity contribution in [2.75, 3.05) is 13.1 Å². The van der Waals surface area contributed by atoms with Gasteiger partial charge in [0.1, 0.15) is 5.82 Å². The van der Waals surface area contributed by atoms with Crippen molar-refractivity contribution in [1.82, 2.24) is 9.88 Å². The molecule has 0 unspecified atom stereocenters. The molecule has 2 nitrogen and oxygen atoms in total. The monoisotopic (exact) mass is 276 g/mol. The summed E-state index contributed by atoms with van der Waals surface area (Å²) in [5, 5.41) is 0. The molecular weight excluding hydrogens is 260 g/mol. The number of likely N-dealkylation sites (tertiary alicyclic amines) is 1. The largest absolute Gasteiger partial charge is 0.389 e. The first kappa shape index (κ1) is 14.2. The third-order valence-corrected chi connectivity index (χ3v) is 3.44. The molecule has 0 amide bonds. The predicted molar refractivity (Wildman–Crippen MR) is 62.9 cm³/mol. The maximum atomic E-state index is 13.4. The van der Waals surface area contributed by atoms with Crippen LogP contribution in [0.3, 0.4) is 0 Å². The summed E-state index contributed by atoms with van der Waals surface area (Å²) >= 11 is 0. The van der Waals surface area contributed by atoms with Gasteiger partial charge in [0, 0.05) is 19.2 Å². The van der Waals surface area contributed by atoms with E-state index in [1.807, 2.05) is 4.90 Å². The zero-order valence-corrected chi connectivity index (χ0v) is 10.5. The van der Waals surface area contributed by atoms with Gasteiger partial charge in [0.2, 0.25) is 0 Å². The number of piperidine rings is 1. The van der Waals surface area contributed by atoms with Gasteiger partial charge in [0.25, 0.3) is 0 Å². The molecule has 0 aromatic carbocycles. The number of pyridine rings is 1. The van der Waals surface area contributed by atoms with Crippen LogP contribution in [0.4, 0.5) is 17.6 Å². The van der Waals surface area contributed by atoms with E-state index in [4.69, 9.17) is 0 Å². The van der Waals surface area contributed by atoms with Crippen LogP contribution in [0.25, 0.3) is 0 Å². The number of halogens is 4. The normalized spacial score (nSPS) is 18.7. The van der Waals surface area contributed by atoms with Crippen LogP contribution in [0.2, 0.25) is 0 Å². The van der Waals surface area contributed by atoms with Gasteiger partial charge in [0.05, 0.1) is 5.69 Å². The van der Waals surface area contributed by atoms with E-state index >= 15 is 0 Å². The average molecular weight is 276 g/mol. The van der Waals surface area contributed by atoms with E-state index in [1.54, 1.807) is 0 Å². The van der Waals surface area contributed by atoms with E-state index in [-0.39, 0.29) is 11.7 Å². The Morgan fingerprint density at radius 1 is 1.26 bits per heavy atom. The molecule has 0 atom stereocenters. The molecule has 0 spiro atoms. The van der Waals surface area contributed by atoms with Crippen LogP contribution in [0.5, 0.6) is 0 Å². The zero-order chi connectivity index (χ0) is 13.9. The third kappa shape index (κ3) is 4.45. The van der Waals surface area contributed by atoms with Crippen molar-refractivity contribution in [2.24, 2.45) is 5.92 Å². The van der Waals surface area contributed by atoms with E-state index in [2.05, 4.69) is 4.98 Å². The van der Waals surface area contributed by atoms with Gasteiger partial charge in [-0.25, -0.2) is 4.39 Å². The highest BCUT2D eigenvalue weighted by molar-refractivity contribution is 5.06. The number of hydrogen-bond donors (Lipinski definition) is 0. The minimum Gasteiger partial charge on any atom is -0.297 e. The van der Waals surface area contributed by atoms with E-state index in [0.717, 1.165) is 0 Å². The van der Waals surface area contributed by atoms with Crippen molar-refractivity contribution in [3.63, 3.8) is 0 Å². The fraction of sp³-hybridized carbons (Fsp3) is 0.615. The lowest BCUT2D eigenvalue weighted by Gasteiger charge is -2.32. The molecule has 106 valence electrons. The molecule has 2 rings (SSSR count). The predicted octanol–water partition coefficient (Wildman–Crippen LogP) is 3.39. The van der Waals surface area contributed by atoms with Crippen LogP contribution >= 0.6 is 0 Å². The minimum atomic E-state index is -4.08. The molecule has 1 fully saturated rings. The summed E-state index contributed by atoms with van der Waals surface area (Å²) in [4.78, 5) is 5.91. The van der Waals surface area contributed by atoms with Gasteiger partial charge in [-0.1, -0.05) is 0 Å². The Hall–Kier alpha value is -1.17. The van der Waals surface area contributed by atoms with Crippen molar-refractivity contribution >= 4 is 0 Å². The molecule has 1 aromatic heterocycles. The first-order valence-corrected chi connectivity index (χ1v) is 6.32. The van der Waals surface area contributed by atoms with Crippen LogP contribution in [0.15, 0.2) is 18.3 Å². The molecule has 1 aliphatic rings. The highest BCUT2D eigenvalue weighted by Gasteiger charge is 2.33. The summed E-state index contributed by atoms with van der Waals surface area (Å²) in [6.45, 7) is 1.50. The fourth-order valence-electron chi connectivity index (χ4n) is 2.42. The summed E-state index contributed by atoms with van der Waals surface area (Å²) in [6.07, 6.45) is -2.25. The number of aromatic nitrogens is 1. The van der Waals surface area contributed by atoms with Crippen molar-refractivity contribution in [1.29, 1.82) is 0 Å². The Kier molecular flexibility index (Phi) is 4.39. The van der Waals surface area contributed by atoms with Crippen LogP contribution in [-0.2, 0) is 6.54 Å². The van der Waals surface area contributed by atoms with E-state index < -0.39 is 12.6 Å². The van der Waals surface area contributed by atoms with Crippen molar-refractivity contribution in [2.45, 2.75) is 32.0 Å². The Morgan fingerprint density at radius 2 is 1.95 bits per heavy atom. The van der Waals surface area contributed by atoms with Gasteiger partial charge < -0.3 is 0 Å². The number of alkyl halides is 3. The lowest BCUT2D eigenvalue weighted by molar-refractivity contribution is -0.147. The standard InChI is InChI=1S/C13H16F4N2/c14-11-2-1-5-18-12(11)9-19-6-3-10(4-7-19)8-13(15,16)17/h1-2,5,10H,3-4,6-9H2. The summed E-state index contributed by atoms with van der Waals surface area (Å²) in [6, 6.07) is 2.87. The smallest absolute Gasteiger partial charge is 0.297 e. The quantitative estimate of drug-likeness (QED) is 0.787. The maximum Gasteiger partial charge on any atom is 0.389 e. The average Bonchev–Trinajstić information content (AvgIpc) is 2.33. The number of hydrogen-bond acceptors (Lipinski definition) is 2. The lowest BCUT2D eigenvalue weighted by atomic mass is 9.93. The maximum absolute atomic E-state index is 13.4. The second-order valence-electron chi connectivity index (χ2n) is 4.97.